The topological polar surface area (TPSA) is 56.7 Å². The number of aromatic nitrogens is 1. The van der Waals surface area contributed by atoms with Crippen molar-refractivity contribution in [1.82, 2.24) is 14.8 Å². The quantitative estimate of drug-likeness (QED) is 0.868. The number of carbonyl (C=O) groups is 1. The van der Waals surface area contributed by atoms with E-state index in [4.69, 9.17) is 4.98 Å². The first-order valence-electron chi connectivity index (χ1n) is 10.4. The lowest BCUT2D eigenvalue weighted by Gasteiger charge is -2.33. The van der Waals surface area contributed by atoms with Crippen LogP contribution in [0.4, 0.5) is 0 Å². The molecule has 0 bridgehead atoms. The fourth-order valence-electron chi connectivity index (χ4n) is 4.37. The number of hydrogen-bond acceptors (Lipinski definition) is 4. The van der Waals surface area contributed by atoms with Crippen LogP contribution in [0.15, 0.2) is 42.5 Å². The van der Waals surface area contributed by atoms with Gasteiger partial charge in [0.15, 0.2) is 0 Å². The van der Waals surface area contributed by atoms with Gasteiger partial charge in [-0.2, -0.15) is 0 Å². The molecule has 0 radical (unpaired) electrons. The molecule has 148 valence electrons. The van der Waals surface area contributed by atoms with Crippen LogP contribution < -0.4 is 0 Å². The van der Waals surface area contributed by atoms with Gasteiger partial charge in [0.2, 0.25) is 5.91 Å². The second-order valence-electron chi connectivity index (χ2n) is 7.97. The maximum absolute atomic E-state index is 12.5. The van der Waals surface area contributed by atoms with Gasteiger partial charge in [-0.1, -0.05) is 24.3 Å². The van der Waals surface area contributed by atoms with Gasteiger partial charge >= 0.3 is 0 Å². The summed E-state index contributed by atoms with van der Waals surface area (Å²) in [6.07, 6.45) is 4.50. The van der Waals surface area contributed by atoms with Crippen LogP contribution in [0.1, 0.15) is 42.9 Å². The van der Waals surface area contributed by atoms with Gasteiger partial charge in [-0.3, -0.25) is 14.7 Å². The average molecular weight is 380 g/mol. The summed E-state index contributed by atoms with van der Waals surface area (Å²) in [7, 11) is 0. The minimum absolute atomic E-state index is 0.0379. The molecule has 2 fully saturated rings. The number of hydrogen-bond donors (Lipinski definition) is 1. The van der Waals surface area contributed by atoms with E-state index in [0.29, 0.717) is 12.5 Å². The van der Waals surface area contributed by atoms with Crippen LogP contribution in [-0.2, 0) is 11.4 Å². The summed E-state index contributed by atoms with van der Waals surface area (Å²) >= 11 is 0. The molecule has 1 aromatic carbocycles. The molecule has 0 aliphatic carbocycles. The molecule has 2 aliphatic rings. The number of aliphatic hydroxyl groups is 1. The van der Waals surface area contributed by atoms with Crippen LogP contribution in [0.2, 0.25) is 0 Å². The van der Waals surface area contributed by atoms with Gasteiger partial charge in [-0.05, 0) is 56.0 Å². The Labute approximate surface area is 167 Å². The zero-order chi connectivity index (χ0) is 19.3. The van der Waals surface area contributed by atoms with Crippen LogP contribution in [0.5, 0.6) is 0 Å². The Morgan fingerprint density at radius 1 is 1.07 bits per heavy atom. The number of piperidine rings is 1. The van der Waals surface area contributed by atoms with Gasteiger partial charge in [0.25, 0.3) is 0 Å². The molecule has 1 amide bonds. The van der Waals surface area contributed by atoms with E-state index in [2.05, 4.69) is 17.0 Å². The van der Waals surface area contributed by atoms with Gasteiger partial charge < -0.3 is 10.0 Å². The first-order chi connectivity index (χ1) is 13.7. The van der Waals surface area contributed by atoms with Crippen molar-refractivity contribution < 1.29 is 9.90 Å². The molecular formula is C23H29N3O2. The van der Waals surface area contributed by atoms with Crippen molar-refractivity contribution in [3.05, 3.63) is 53.7 Å². The minimum atomic E-state index is 0.0379. The summed E-state index contributed by atoms with van der Waals surface area (Å²) in [6.45, 7) is 4.31. The Kier molecular flexibility index (Phi) is 6.03. The summed E-state index contributed by atoms with van der Waals surface area (Å²) in [5.74, 6) is 0.641. The summed E-state index contributed by atoms with van der Waals surface area (Å²) in [4.78, 5) is 21.7. The first kappa shape index (κ1) is 19.1. The molecular weight excluding hydrogens is 350 g/mol. The largest absolute Gasteiger partial charge is 0.392 e. The highest BCUT2D eigenvalue weighted by Gasteiger charge is 2.26. The van der Waals surface area contributed by atoms with Gasteiger partial charge in [-0.25, -0.2) is 0 Å². The fourth-order valence-corrected chi connectivity index (χ4v) is 4.37. The first-order valence-corrected chi connectivity index (χ1v) is 10.4. The third kappa shape index (κ3) is 4.42. The van der Waals surface area contributed by atoms with Gasteiger partial charge in [0, 0.05) is 36.8 Å². The van der Waals surface area contributed by atoms with Crippen molar-refractivity contribution in [2.75, 3.05) is 32.7 Å². The zero-order valence-electron chi connectivity index (χ0n) is 16.4. The number of rotatable bonds is 5. The molecule has 3 heterocycles. The van der Waals surface area contributed by atoms with Crippen molar-refractivity contribution in [3.8, 4) is 11.3 Å². The van der Waals surface area contributed by atoms with Crippen molar-refractivity contribution >= 4 is 5.91 Å². The van der Waals surface area contributed by atoms with Crippen LogP contribution >= 0.6 is 0 Å². The van der Waals surface area contributed by atoms with Crippen LogP contribution in [0.3, 0.4) is 0 Å². The van der Waals surface area contributed by atoms with E-state index in [1.54, 1.807) is 0 Å². The van der Waals surface area contributed by atoms with E-state index in [-0.39, 0.29) is 12.5 Å². The highest BCUT2D eigenvalue weighted by Crippen LogP contribution is 2.28. The molecule has 1 N–H and O–H groups in total. The Balaban J connectivity index is 1.45. The Bertz CT molecular complexity index is 817. The fraction of sp³-hybridized carbons (Fsp3) is 0.478. The van der Waals surface area contributed by atoms with E-state index in [1.807, 2.05) is 35.2 Å². The third-order valence-electron chi connectivity index (χ3n) is 5.92. The van der Waals surface area contributed by atoms with Crippen LogP contribution in [0.25, 0.3) is 11.3 Å². The van der Waals surface area contributed by atoms with Crippen molar-refractivity contribution in [2.45, 2.75) is 38.2 Å². The van der Waals surface area contributed by atoms with Crippen molar-refractivity contribution in [3.63, 3.8) is 0 Å². The minimum Gasteiger partial charge on any atom is -0.392 e. The molecule has 2 aliphatic heterocycles. The monoisotopic (exact) mass is 379 g/mol. The number of pyridine rings is 1. The Morgan fingerprint density at radius 3 is 2.71 bits per heavy atom. The average Bonchev–Trinajstić information content (AvgIpc) is 3.29. The molecule has 2 saturated heterocycles. The summed E-state index contributed by atoms with van der Waals surface area (Å²) in [6, 6.07) is 14.1. The number of likely N-dealkylation sites (tertiary alicyclic amines) is 2. The molecule has 5 heteroatoms. The van der Waals surface area contributed by atoms with Crippen LogP contribution in [0, 0.1) is 0 Å². The zero-order valence-corrected chi connectivity index (χ0v) is 16.4. The molecule has 0 unspecified atom stereocenters. The van der Waals surface area contributed by atoms with Gasteiger partial charge in [0.05, 0.1) is 18.8 Å². The predicted octanol–water partition coefficient (Wildman–Crippen LogP) is 3.04. The standard InChI is InChI=1S/C23H29N3O2/c27-17-18-6-3-7-19(14-18)21-9-4-10-22(24-21)20-8-5-11-25(15-20)16-23(28)26-12-1-2-13-26/h3-4,6-7,9-10,14,20,27H,1-2,5,8,11-13,15-17H2/t20-/m0/s1. The molecule has 5 nitrogen and oxygen atoms in total. The number of nitrogens with zero attached hydrogens (tertiary/aromatic N) is 3. The molecule has 0 spiro atoms. The van der Waals surface area contributed by atoms with Gasteiger partial charge in [-0.15, -0.1) is 0 Å². The second kappa shape index (κ2) is 8.84. The van der Waals surface area contributed by atoms with Gasteiger partial charge in [0.1, 0.15) is 0 Å². The Morgan fingerprint density at radius 2 is 1.89 bits per heavy atom. The molecule has 28 heavy (non-hydrogen) atoms. The van der Waals surface area contributed by atoms with E-state index in [9.17, 15) is 9.90 Å². The van der Waals surface area contributed by atoms with E-state index in [1.165, 1.54) is 0 Å². The molecule has 2 aromatic rings. The maximum Gasteiger partial charge on any atom is 0.236 e. The lowest BCUT2D eigenvalue weighted by atomic mass is 9.93. The molecule has 1 atom stereocenters. The predicted molar refractivity (Wildman–Crippen MR) is 110 cm³/mol. The van der Waals surface area contributed by atoms with E-state index < -0.39 is 0 Å². The van der Waals surface area contributed by atoms with Crippen molar-refractivity contribution in [1.29, 1.82) is 0 Å². The van der Waals surface area contributed by atoms with Crippen LogP contribution in [-0.4, -0.2) is 58.5 Å². The number of aliphatic hydroxyl groups excluding tert-OH is 1. The number of benzene rings is 1. The lowest BCUT2D eigenvalue weighted by molar-refractivity contribution is -0.131. The number of carbonyl (C=O) groups excluding carboxylic acids is 1. The highest BCUT2D eigenvalue weighted by atomic mass is 16.3. The molecule has 4 rings (SSSR count). The normalized spacial score (nSPS) is 20.5. The third-order valence-corrected chi connectivity index (χ3v) is 5.92. The van der Waals surface area contributed by atoms with E-state index >= 15 is 0 Å². The summed E-state index contributed by atoms with van der Waals surface area (Å²) in [5.41, 5.74) is 3.97. The highest BCUT2D eigenvalue weighted by molar-refractivity contribution is 5.78. The second-order valence-corrected chi connectivity index (χ2v) is 7.97. The maximum atomic E-state index is 12.5. The molecule has 1 aromatic heterocycles. The molecule has 0 saturated carbocycles. The van der Waals surface area contributed by atoms with Crippen molar-refractivity contribution in [2.24, 2.45) is 0 Å². The van der Waals surface area contributed by atoms with E-state index in [0.717, 1.165) is 74.4 Å². The SMILES string of the molecule is O=C(CN1CCC[C@H](c2cccc(-c3cccc(CO)c3)n2)C1)N1CCCC1. The Hall–Kier alpha value is -2.24. The number of amides is 1. The summed E-state index contributed by atoms with van der Waals surface area (Å²) < 4.78 is 0. The summed E-state index contributed by atoms with van der Waals surface area (Å²) in [5, 5.41) is 9.39. The smallest absolute Gasteiger partial charge is 0.236 e. The lowest BCUT2D eigenvalue weighted by Crippen LogP contribution is -2.43.